The van der Waals surface area contributed by atoms with Gasteiger partial charge in [-0.25, -0.2) is 14.5 Å². The number of rotatable bonds is 14. The molecule has 1 atom stereocenters. The summed E-state index contributed by atoms with van der Waals surface area (Å²) in [6.45, 7) is 5.61. The van der Waals surface area contributed by atoms with E-state index >= 15 is 0 Å². The Balaban J connectivity index is 0.956. The smallest absolute Gasteiger partial charge is 0.324 e. The average Bonchev–Trinajstić information content (AvgIpc) is 3.96. The molecule has 1 unspecified atom stereocenters. The van der Waals surface area contributed by atoms with Gasteiger partial charge in [0.05, 0.1) is 51.1 Å². The molecule has 0 spiro atoms. The van der Waals surface area contributed by atoms with Gasteiger partial charge in [0.15, 0.2) is 0 Å². The Morgan fingerprint density at radius 3 is 2.44 bits per heavy atom. The molecule has 16 nitrogen and oxygen atoms in total. The second-order valence-corrected chi connectivity index (χ2v) is 14.0. The molecule has 2 aliphatic rings. The normalized spacial score (nSPS) is 15.4. The quantitative estimate of drug-likeness (QED) is 0.0934. The molecule has 4 aromatic carbocycles. The number of morpholine rings is 1. The maximum Gasteiger partial charge on any atom is 0.324 e. The van der Waals surface area contributed by atoms with E-state index in [9.17, 15) is 9.59 Å². The number of fused-ring (bicyclic) bond motifs is 1. The van der Waals surface area contributed by atoms with Crippen molar-refractivity contribution in [3.05, 3.63) is 108 Å². The fourth-order valence-electron chi connectivity index (χ4n) is 6.99. The Morgan fingerprint density at radius 1 is 0.847 bits per heavy atom. The maximum atomic E-state index is 13.6. The number of hydrogen-bond acceptors (Lipinski definition) is 12. The zero-order valence-corrected chi connectivity index (χ0v) is 32.8. The lowest BCUT2D eigenvalue weighted by molar-refractivity contribution is 0.0383. The summed E-state index contributed by atoms with van der Waals surface area (Å²) in [5.74, 6) is 2.71. The lowest BCUT2D eigenvalue weighted by Gasteiger charge is -2.26. The molecular formula is C43H45N9O7. The summed E-state index contributed by atoms with van der Waals surface area (Å²) in [6.07, 6.45) is 2.44. The van der Waals surface area contributed by atoms with Crippen molar-refractivity contribution in [2.45, 2.75) is 12.3 Å². The van der Waals surface area contributed by atoms with Crippen LogP contribution in [0.25, 0.3) is 16.5 Å². The van der Waals surface area contributed by atoms with Crippen LogP contribution in [-0.2, 0) is 9.47 Å². The monoisotopic (exact) mass is 799 g/mol. The standard InChI is InChI=1S/C43H45N9O7/c1-55-32-9-7-31(8-10-32)52-39(26-37(50-52)28-14-20-58-27-28)48-43(54)47-36-11-12-38(35-6-4-3-5-34(35)36)59-40-13-15-45-42(49-40)46-30-23-29(24-33(25-30)56-2)41(53)44-16-17-51-18-21-57-22-19-51/h3-13,15,23-26,28H,14,16-22,27H2,1-2H3,(H,44,53)(H,45,46,49)(H2,47,48,54). The zero-order chi connectivity index (χ0) is 40.6. The minimum atomic E-state index is -0.439. The molecule has 4 N–H and O–H groups in total. The number of ether oxygens (including phenoxy) is 5. The Hall–Kier alpha value is -6.75. The SMILES string of the molecule is COc1ccc(-n2nc(C3CCOC3)cc2NC(=O)Nc2ccc(Oc3ccnc(Nc4cc(OC)cc(C(=O)NCCN5CCOCC5)c4)n3)c3ccccc23)cc1. The Kier molecular flexibility index (Phi) is 12.1. The second-order valence-electron chi connectivity index (χ2n) is 14.0. The number of nitrogens with one attached hydrogen (secondary N) is 4. The largest absolute Gasteiger partial charge is 0.497 e. The minimum absolute atomic E-state index is 0.139. The molecule has 0 radical (unpaired) electrons. The Morgan fingerprint density at radius 2 is 1.66 bits per heavy atom. The van der Waals surface area contributed by atoms with E-state index < -0.39 is 6.03 Å². The van der Waals surface area contributed by atoms with Gasteiger partial charge in [0.25, 0.3) is 5.91 Å². The average molecular weight is 800 g/mol. The molecule has 3 amide bonds. The van der Waals surface area contributed by atoms with Crippen LogP contribution < -0.4 is 35.5 Å². The topological polar surface area (TPSA) is 175 Å². The van der Waals surface area contributed by atoms with E-state index in [2.05, 4.69) is 36.1 Å². The molecule has 0 aliphatic carbocycles. The number of anilines is 4. The molecule has 0 bridgehead atoms. The summed E-state index contributed by atoms with van der Waals surface area (Å²) in [7, 11) is 3.16. The van der Waals surface area contributed by atoms with Crippen molar-refractivity contribution in [3.63, 3.8) is 0 Å². The highest BCUT2D eigenvalue weighted by atomic mass is 16.5. The van der Waals surface area contributed by atoms with Gasteiger partial charge in [-0.1, -0.05) is 24.3 Å². The van der Waals surface area contributed by atoms with Crippen molar-refractivity contribution in [1.29, 1.82) is 0 Å². The van der Waals surface area contributed by atoms with E-state index in [-0.39, 0.29) is 23.7 Å². The summed E-state index contributed by atoms with van der Waals surface area (Å²) >= 11 is 0. The fraction of sp³-hybridized carbons (Fsp3) is 0.279. The van der Waals surface area contributed by atoms with Crippen LogP contribution in [0.5, 0.6) is 23.1 Å². The van der Waals surface area contributed by atoms with Gasteiger partial charge in [0.2, 0.25) is 11.8 Å². The van der Waals surface area contributed by atoms with Gasteiger partial charge in [-0.05, 0) is 55.0 Å². The fourth-order valence-corrected chi connectivity index (χ4v) is 6.99. The summed E-state index contributed by atoms with van der Waals surface area (Å²) in [4.78, 5) is 37.9. The van der Waals surface area contributed by atoms with Gasteiger partial charge in [-0.2, -0.15) is 10.1 Å². The number of hydrogen-bond donors (Lipinski definition) is 4. The molecule has 2 fully saturated rings. The van der Waals surface area contributed by atoms with Gasteiger partial charge >= 0.3 is 6.03 Å². The van der Waals surface area contributed by atoms with Crippen molar-refractivity contribution in [2.75, 3.05) is 82.8 Å². The number of nitrogens with zero attached hydrogens (tertiary/aromatic N) is 5. The number of carbonyl (C=O) groups is 2. The minimum Gasteiger partial charge on any atom is -0.497 e. The highest BCUT2D eigenvalue weighted by Crippen LogP contribution is 2.35. The van der Waals surface area contributed by atoms with Crippen LogP contribution in [0.4, 0.5) is 27.9 Å². The lowest BCUT2D eigenvalue weighted by atomic mass is 10.1. The third-order valence-corrected chi connectivity index (χ3v) is 10.1. The molecule has 8 rings (SSSR count). The van der Waals surface area contributed by atoms with Crippen molar-refractivity contribution in [2.24, 2.45) is 0 Å². The van der Waals surface area contributed by atoms with Crippen molar-refractivity contribution >= 4 is 45.9 Å². The third kappa shape index (κ3) is 9.52. The predicted molar refractivity (Wildman–Crippen MR) is 223 cm³/mol. The Bertz CT molecular complexity index is 2410. The van der Waals surface area contributed by atoms with E-state index in [1.54, 1.807) is 61.5 Å². The number of aromatic nitrogens is 4. The molecule has 6 aromatic rings. The second kappa shape index (κ2) is 18.2. The predicted octanol–water partition coefficient (Wildman–Crippen LogP) is 6.58. The van der Waals surface area contributed by atoms with Crippen LogP contribution in [-0.4, -0.2) is 103 Å². The Labute approximate surface area is 340 Å². The number of carbonyl (C=O) groups excluding carboxylic acids is 2. The molecule has 0 saturated carbocycles. The van der Waals surface area contributed by atoms with Gasteiger partial charge in [-0.15, -0.1) is 0 Å². The van der Waals surface area contributed by atoms with E-state index in [1.807, 2.05) is 54.6 Å². The van der Waals surface area contributed by atoms with Crippen LogP contribution in [0.15, 0.2) is 97.2 Å². The summed E-state index contributed by atoms with van der Waals surface area (Å²) in [5.41, 5.74) is 3.19. The number of urea groups is 1. The van der Waals surface area contributed by atoms with Crippen molar-refractivity contribution in [3.8, 4) is 28.8 Å². The molecule has 2 aliphatic heterocycles. The molecular weight excluding hydrogens is 755 g/mol. The molecule has 4 heterocycles. The molecule has 16 heteroatoms. The van der Waals surface area contributed by atoms with E-state index in [0.717, 1.165) is 48.2 Å². The van der Waals surface area contributed by atoms with Gasteiger partial charge < -0.3 is 39.6 Å². The summed E-state index contributed by atoms with van der Waals surface area (Å²) < 4.78 is 29.9. The van der Waals surface area contributed by atoms with Crippen molar-refractivity contribution < 1.29 is 33.3 Å². The molecule has 2 saturated heterocycles. The van der Waals surface area contributed by atoms with Gasteiger partial charge in [0.1, 0.15) is 23.1 Å². The van der Waals surface area contributed by atoms with Crippen LogP contribution >= 0.6 is 0 Å². The number of benzene rings is 4. The molecule has 304 valence electrons. The van der Waals surface area contributed by atoms with Crippen LogP contribution in [0, 0.1) is 0 Å². The highest BCUT2D eigenvalue weighted by Gasteiger charge is 2.24. The van der Waals surface area contributed by atoms with Crippen LogP contribution in [0.3, 0.4) is 0 Å². The molecule has 2 aromatic heterocycles. The first-order valence-electron chi connectivity index (χ1n) is 19.4. The summed E-state index contributed by atoms with van der Waals surface area (Å²) in [6, 6.07) is 26.9. The van der Waals surface area contributed by atoms with Crippen molar-refractivity contribution in [1.82, 2.24) is 30.0 Å². The van der Waals surface area contributed by atoms with Crippen LogP contribution in [0.2, 0.25) is 0 Å². The number of amides is 3. The lowest BCUT2D eigenvalue weighted by Crippen LogP contribution is -2.41. The highest BCUT2D eigenvalue weighted by molar-refractivity contribution is 6.07. The first kappa shape index (κ1) is 39.1. The van der Waals surface area contributed by atoms with E-state index in [1.165, 1.54) is 0 Å². The van der Waals surface area contributed by atoms with E-state index in [0.29, 0.717) is 73.0 Å². The third-order valence-electron chi connectivity index (χ3n) is 10.1. The van der Waals surface area contributed by atoms with Gasteiger partial charge in [-0.3, -0.25) is 15.0 Å². The maximum absolute atomic E-state index is 13.6. The van der Waals surface area contributed by atoms with E-state index in [4.69, 9.17) is 28.8 Å². The summed E-state index contributed by atoms with van der Waals surface area (Å²) in [5, 5.41) is 18.5. The first-order chi connectivity index (χ1) is 28.9. The number of methoxy groups -OCH3 is 2. The van der Waals surface area contributed by atoms with Crippen LogP contribution in [0.1, 0.15) is 28.4 Å². The van der Waals surface area contributed by atoms with Gasteiger partial charge in [0, 0.05) is 85.1 Å². The first-order valence-corrected chi connectivity index (χ1v) is 19.4. The molecule has 59 heavy (non-hydrogen) atoms. The zero-order valence-electron chi connectivity index (χ0n) is 32.8.